The zero-order chi connectivity index (χ0) is 13.4. The summed E-state index contributed by atoms with van der Waals surface area (Å²) in [5.41, 5.74) is 4.54. The summed E-state index contributed by atoms with van der Waals surface area (Å²) in [6, 6.07) is 5.75. The van der Waals surface area contributed by atoms with E-state index in [9.17, 15) is 0 Å². The minimum atomic E-state index is 0.259. The van der Waals surface area contributed by atoms with Gasteiger partial charge in [0.2, 0.25) is 0 Å². The number of hydrazone groups is 1. The number of hydrogen-bond acceptors (Lipinski definition) is 3. The molecule has 0 saturated carbocycles. The zero-order valence-electron chi connectivity index (χ0n) is 10.7. The third-order valence-corrected chi connectivity index (χ3v) is 2.39. The number of hydrogen-bond donors (Lipinski definition) is 2. The fourth-order valence-corrected chi connectivity index (χ4v) is 1.44. The molecule has 2 N–H and O–H groups in total. The van der Waals surface area contributed by atoms with Crippen molar-refractivity contribution in [3.05, 3.63) is 42.7 Å². The van der Waals surface area contributed by atoms with Gasteiger partial charge in [-0.15, -0.1) is 6.58 Å². The van der Waals surface area contributed by atoms with Gasteiger partial charge in [-0.1, -0.05) is 26.0 Å². The fraction of sp³-hybridized carbons (Fsp3) is 0.308. The average molecular weight is 262 g/mol. The lowest BCUT2D eigenvalue weighted by atomic mass is 10.1. The van der Waals surface area contributed by atoms with E-state index in [-0.39, 0.29) is 5.92 Å². The summed E-state index contributed by atoms with van der Waals surface area (Å²) < 4.78 is 0. The third kappa shape index (κ3) is 4.63. The van der Waals surface area contributed by atoms with Gasteiger partial charge in [-0.05, 0) is 30.3 Å². The monoisotopic (exact) mass is 262 g/mol. The molecule has 5 heteroatoms. The third-order valence-electron chi connectivity index (χ3n) is 2.16. The standard InChI is InChI=1S/C13H18N4S/c1-4-8-15-13(18)17-16-12(10(2)3)11-7-5-6-9-14-11/h4-7,9-10H,1,8H2,2-3H3,(H2,15,17,18)/b16-12+. The normalized spacial score (nSPS) is 11.2. The average Bonchev–Trinajstić information content (AvgIpc) is 2.37. The minimum absolute atomic E-state index is 0.259. The van der Waals surface area contributed by atoms with Crippen molar-refractivity contribution in [1.82, 2.24) is 15.7 Å². The molecule has 0 aliphatic heterocycles. The molecule has 0 aliphatic rings. The SMILES string of the molecule is C=CCNC(=S)N/N=C(/c1ccccn1)C(C)C. The Labute approximate surface area is 113 Å². The van der Waals surface area contributed by atoms with E-state index in [0.717, 1.165) is 11.4 Å². The molecule has 18 heavy (non-hydrogen) atoms. The van der Waals surface area contributed by atoms with E-state index in [1.54, 1.807) is 12.3 Å². The molecule has 0 amide bonds. The van der Waals surface area contributed by atoms with Gasteiger partial charge in [0, 0.05) is 12.7 Å². The molecular formula is C13H18N4S. The smallest absolute Gasteiger partial charge is 0.187 e. The quantitative estimate of drug-likeness (QED) is 0.369. The van der Waals surface area contributed by atoms with Gasteiger partial charge >= 0.3 is 0 Å². The highest BCUT2D eigenvalue weighted by Crippen LogP contribution is 2.05. The fourth-order valence-electron chi connectivity index (χ4n) is 1.31. The van der Waals surface area contributed by atoms with Crippen LogP contribution >= 0.6 is 12.2 Å². The molecule has 0 radical (unpaired) electrons. The molecular weight excluding hydrogens is 244 g/mol. The van der Waals surface area contributed by atoms with Crippen molar-refractivity contribution < 1.29 is 0 Å². The Bertz CT molecular complexity index is 426. The molecule has 0 aromatic carbocycles. The molecule has 0 bridgehead atoms. The van der Waals surface area contributed by atoms with Crippen molar-refractivity contribution in [3.8, 4) is 0 Å². The molecule has 0 atom stereocenters. The van der Waals surface area contributed by atoms with Crippen LogP contribution in [0.1, 0.15) is 19.5 Å². The van der Waals surface area contributed by atoms with E-state index >= 15 is 0 Å². The zero-order valence-corrected chi connectivity index (χ0v) is 11.5. The molecule has 1 rings (SSSR count). The summed E-state index contributed by atoms with van der Waals surface area (Å²) in [5, 5.41) is 7.74. The van der Waals surface area contributed by atoms with Crippen LogP contribution in [-0.4, -0.2) is 22.4 Å². The van der Waals surface area contributed by atoms with E-state index in [2.05, 4.69) is 41.3 Å². The van der Waals surface area contributed by atoms with Gasteiger partial charge < -0.3 is 5.32 Å². The van der Waals surface area contributed by atoms with Crippen molar-refractivity contribution >= 4 is 23.0 Å². The van der Waals surface area contributed by atoms with Crippen LogP contribution in [0, 0.1) is 5.92 Å². The molecule has 0 aliphatic carbocycles. The topological polar surface area (TPSA) is 49.3 Å². The van der Waals surface area contributed by atoms with Gasteiger partial charge in [-0.2, -0.15) is 5.10 Å². The van der Waals surface area contributed by atoms with Gasteiger partial charge in [0.15, 0.2) is 5.11 Å². The molecule has 1 aromatic heterocycles. The summed E-state index contributed by atoms with van der Waals surface area (Å²) in [7, 11) is 0. The first-order valence-corrected chi connectivity index (χ1v) is 6.19. The Hall–Kier alpha value is -1.75. The van der Waals surface area contributed by atoms with Crippen molar-refractivity contribution in [2.45, 2.75) is 13.8 Å². The van der Waals surface area contributed by atoms with Gasteiger partial charge in [0.05, 0.1) is 11.4 Å². The molecule has 0 fully saturated rings. The number of pyridine rings is 1. The van der Waals surface area contributed by atoms with E-state index in [0.29, 0.717) is 11.7 Å². The van der Waals surface area contributed by atoms with Gasteiger partial charge in [0.1, 0.15) is 0 Å². The summed E-state index contributed by atoms with van der Waals surface area (Å²) in [6.45, 7) is 8.35. The van der Waals surface area contributed by atoms with Crippen LogP contribution in [0.5, 0.6) is 0 Å². The molecule has 4 nitrogen and oxygen atoms in total. The van der Waals surface area contributed by atoms with Crippen molar-refractivity contribution in [2.24, 2.45) is 11.0 Å². The van der Waals surface area contributed by atoms with E-state index < -0.39 is 0 Å². The minimum Gasteiger partial charge on any atom is -0.358 e. The summed E-state index contributed by atoms with van der Waals surface area (Å²) in [6.07, 6.45) is 3.49. The molecule has 1 aromatic rings. The molecule has 0 spiro atoms. The highest BCUT2D eigenvalue weighted by molar-refractivity contribution is 7.80. The lowest BCUT2D eigenvalue weighted by Gasteiger charge is -2.11. The van der Waals surface area contributed by atoms with Crippen LogP contribution in [0.25, 0.3) is 0 Å². The van der Waals surface area contributed by atoms with Crippen LogP contribution in [-0.2, 0) is 0 Å². The predicted octanol–water partition coefficient (Wildman–Crippen LogP) is 2.09. The summed E-state index contributed by atoms with van der Waals surface area (Å²) >= 11 is 5.08. The number of rotatable bonds is 5. The maximum absolute atomic E-state index is 5.08. The van der Waals surface area contributed by atoms with Crippen molar-refractivity contribution in [3.63, 3.8) is 0 Å². The number of nitrogens with one attached hydrogen (secondary N) is 2. The first-order valence-electron chi connectivity index (χ1n) is 5.79. The summed E-state index contributed by atoms with van der Waals surface area (Å²) in [5.74, 6) is 0.259. The lowest BCUT2D eigenvalue weighted by Crippen LogP contribution is -2.33. The summed E-state index contributed by atoms with van der Waals surface area (Å²) in [4.78, 5) is 4.29. The highest BCUT2D eigenvalue weighted by atomic mass is 32.1. The van der Waals surface area contributed by atoms with Crippen molar-refractivity contribution in [2.75, 3.05) is 6.54 Å². The van der Waals surface area contributed by atoms with Crippen LogP contribution < -0.4 is 10.7 Å². The van der Waals surface area contributed by atoms with Crippen molar-refractivity contribution in [1.29, 1.82) is 0 Å². The Morgan fingerprint density at radius 2 is 2.33 bits per heavy atom. The lowest BCUT2D eigenvalue weighted by molar-refractivity contribution is 0.846. The number of thiocarbonyl (C=S) groups is 1. The predicted molar refractivity (Wildman–Crippen MR) is 79.5 cm³/mol. The second-order valence-electron chi connectivity index (χ2n) is 3.98. The van der Waals surface area contributed by atoms with Gasteiger partial charge in [-0.25, -0.2) is 0 Å². The first-order chi connectivity index (χ1) is 8.65. The van der Waals surface area contributed by atoms with E-state index in [1.807, 2.05) is 18.2 Å². The molecule has 1 heterocycles. The molecule has 0 saturated heterocycles. The Kier molecular flexibility index (Phi) is 6.00. The van der Waals surface area contributed by atoms with E-state index in [1.165, 1.54) is 0 Å². The first kappa shape index (κ1) is 14.3. The maximum atomic E-state index is 5.08. The Morgan fingerprint density at radius 1 is 1.56 bits per heavy atom. The van der Waals surface area contributed by atoms with Crippen LogP contribution in [0.2, 0.25) is 0 Å². The maximum Gasteiger partial charge on any atom is 0.187 e. The molecule has 96 valence electrons. The largest absolute Gasteiger partial charge is 0.358 e. The van der Waals surface area contributed by atoms with Crippen LogP contribution in [0.15, 0.2) is 42.2 Å². The van der Waals surface area contributed by atoms with E-state index in [4.69, 9.17) is 12.2 Å². The number of aromatic nitrogens is 1. The Morgan fingerprint density at radius 3 is 2.89 bits per heavy atom. The Balaban J connectivity index is 2.74. The molecule has 0 unspecified atom stereocenters. The van der Waals surface area contributed by atoms with Gasteiger partial charge in [-0.3, -0.25) is 10.4 Å². The second-order valence-corrected chi connectivity index (χ2v) is 4.39. The number of nitrogens with zero attached hydrogens (tertiary/aromatic N) is 2. The van der Waals surface area contributed by atoms with Gasteiger partial charge in [0.25, 0.3) is 0 Å². The second kappa shape index (κ2) is 7.55. The van der Waals surface area contributed by atoms with Crippen LogP contribution in [0.4, 0.5) is 0 Å². The van der Waals surface area contributed by atoms with Crippen LogP contribution in [0.3, 0.4) is 0 Å². The highest BCUT2D eigenvalue weighted by Gasteiger charge is 2.09.